The third-order valence-corrected chi connectivity index (χ3v) is 11.1. The first-order valence-electron chi connectivity index (χ1n) is 11.2. The van der Waals surface area contributed by atoms with E-state index in [1.165, 1.54) is 10.4 Å². The second kappa shape index (κ2) is 10.3. The van der Waals surface area contributed by atoms with E-state index in [9.17, 15) is 4.79 Å². The third kappa shape index (κ3) is 5.10. The first-order valence-corrected chi connectivity index (χ1v) is 13.1. The average Bonchev–Trinajstić information content (AvgIpc) is 3.11. The Bertz CT molecular complexity index is 808. The fourth-order valence-electron chi connectivity index (χ4n) is 4.56. The number of rotatable bonds is 10. The Hall–Kier alpha value is -2.37. The average molecular weight is 438 g/mol. The van der Waals surface area contributed by atoms with Crippen LogP contribution in [0.4, 0.5) is 4.79 Å². The molecule has 0 spiro atoms. The SMILES string of the molecule is C=CCN1C(=O)OCC1CCCCO[Si](c1ccccc1)(c1ccccc1)C(C)(C)C. The zero-order chi connectivity index (χ0) is 22.3. The summed E-state index contributed by atoms with van der Waals surface area (Å²) in [6, 6.07) is 21.6. The lowest BCUT2D eigenvalue weighted by molar-refractivity contribution is 0.160. The van der Waals surface area contributed by atoms with Gasteiger partial charge in [0.25, 0.3) is 8.32 Å². The molecular weight excluding hydrogens is 402 g/mol. The van der Waals surface area contributed by atoms with Crippen molar-refractivity contribution in [1.82, 2.24) is 4.90 Å². The number of nitrogens with zero attached hydrogens (tertiary/aromatic N) is 1. The maximum absolute atomic E-state index is 11.9. The molecule has 1 amide bonds. The van der Waals surface area contributed by atoms with E-state index in [2.05, 4.69) is 88.0 Å². The summed E-state index contributed by atoms with van der Waals surface area (Å²) in [5, 5.41) is 2.60. The Morgan fingerprint density at radius 3 is 2.16 bits per heavy atom. The second-order valence-corrected chi connectivity index (χ2v) is 13.5. The molecule has 5 heteroatoms. The van der Waals surface area contributed by atoms with Gasteiger partial charge >= 0.3 is 6.09 Å². The summed E-state index contributed by atoms with van der Waals surface area (Å²) in [5.41, 5.74) is 0. The molecule has 166 valence electrons. The quantitative estimate of drug-likeness (QED) is 0.306. The summed E-state index contributed by atoms with van der Waals surface area (Å²) in [7, 11) is -2.47. The molecule has 0 radical (unpaired) electrons. The normalized spacial score (nSPS) is 16.9. The molecule has 3 rings (SSSR count). The smallest absolute Gasteiger partial charge is 0.410 e. The van der Waals surface area contributed by atoms with Gasteiger partial charge in [-0.2, -0.15) is 0 Å². The van der Waals surface area contributed by atoms with Gasteiger partial charge in [0.2, 0.25) is 0 Å². The highest BCUT2D eigenvalue weighted by molar-refractivity contribution is 6.99. The molecule has 1 heterocycles. The Morgan fingerprint density at radius 2 is 1.65 bits per heavy atom. The van der Waals surface area contributed by atoms with Crippen molar-refractivity contribution >= 4 is 24.8 Å². The molecule has 0 bridgehead atoms. The zero-order valence-electron chi connectivity index (χ0n) is 19.0. The summed E-state index contributed by atoms with van der Waals surface area (Å²) in [4.78, 5) is 13.6. The van der Waals surface area contributed by atoms with Crippen LogP contribution in [0.5, 0.6) is 0 Å². The number of hydrogen-bond donors (Lipinski definition) is 0. The molecule has 1 unspecified atom stereocenters. The van der Waals surface area contributed by atoms with Crippen molar-refractivity contribution in [3.05, 3.63) is 73.3 Å². The molecule has 1 saturated heterocycles. The molecule has 2 aromatic rings. The van der Waals surface area contributed by atoms with Gasteiger partial charge < -0.3 is 9.16 Å². The molecule has 1 atom stereocenters. The van der Waals surface area contributed by atoms with Gasteiger partial charge in [0.05, 0.1) is 6.04 Å². The van der Waals surface area contributed by atoms with Gasteiger partial charge in [-0.15, -0.1) is 6.58 Å². The summed E-state index contributed by atoms with van der Waals surface area (Å²) in [6.07, 6.45) is 4.40. The maximum atomic E-state index is 11.9. The predicted octanol–water partition coefficient (Wildman–Crippen LogP) is 4.74. The molecule has 0 N–H and O–H groups in total. The van der Waals surface area contributed by atoms with Gasteiger partial charge in [-0.1, -0.05) is 87.5 Å². The number of unbranched alkanes of at least 4 members (excludes halogenated alkanes) is 1. The van der Waals surface area contributed by atoms with Crippen LogP contribution >= 0.6 is 0 Å². The first-order chi connectivity index (χ1) is 14.9. The van der Waals surface area contributed by atoms with E-state index in [-0.39, 0.29) is 17.2 Å². The fraction of sp³-hybridized carbons (Fsp3) is 0.423. The summed E-state index contributed by atoms with van der Waals surface area (Å²) in [6.45, 7) is 12.4. The molecule has 4 nitrogen and oxygen atoms in total. The van der Waals surface area contributed by atoms with Crippen molar-refractivity contribution in [3.63, 3.8) is 0 Å². The molecule has 0 aliphatic carbocycles. The minimum Gasteiger partial charge on any atom is -0.447 e. The Kier molecular flexibility index (Phi) is 7.73. The standard InChI is InChI=1S/C26H35NO3Si/c1-5-19-27-22(21-29-25(27)28)14-12-13-20-30-31(26(2,3)4,23-15-8-6-9-16-23)24-17-10-7-11-18-24/h5-11,15-18,22H,1,12-14,19-21H2,2-4H3. The summed E-state index contributed by atoms with van der Waals surface area (Å²) < 4.78 is 12.2. The lowest BCUT2D eigenvalue weighted by atomic mass is 10.1. The van der Waals surface area contributed by atoms with Crippen LogP contribution in [-0.4, -0.2) is 45.1 Å². The van der Waals surface area contributed by atoms with Gasteiger partial charge in [0.15, 0.2) is 0 Å². The largest absolute Gasteiger partial charge is 0.447 e. The Labute approximate surface area is 188 Å². The van der Waals surface area contributed by atoms with Gasteiger partial charge in [-0.3, -0.25) is 4.90 Å². The van der Waals surface area contributed by atoms with E-state index in [1.54, 1.807) is 11.0 Å². The lowest BCUT2D eigenvalue weighted by Crippen LogP contribution is -2.66. The van der Waals surface area contributed by atoms with Crippen LogP contribution in [-0.2, 0) is 9.16 Å². The summed E-state index contributed by atoms with van der Waals surface area (Å²) in [5.74, 6) is 0. The zero-order valence-corrected chi connectivity index (χ0v) is 20.0. The molecular formula is C26H35NO3Si. The van der Waals surface area contributed by atoms with E-state index in [1.807, 2.05) is 0 Å². The minimum absolute atomic E-state index is 0.0117. The second-order valence-electron chi connectivity index (χ2n) is 9.18. The van der Waals surface area contributed by atoms with E-state index < -0.39 is 8.32 Å². The van der Waals surface area contributed by atoms with Crippen LogP contribution < -0.4 is 10.4 Å². The molecule has 1 aliphatic heterocycles. The number of hydrogen-bond acceptors (Lipinski definition) is 3. The molecule has 1 fully saturated rings. The van der Waals surface area contributed by atoms with Crippen LogP contribution in [0.2, 0.25) is 5.04 Å². The maximum Gasteiger partial charge on any atom is 0.410 e. The highest BCUT2D eigenvalue weighted by atomic mass is 28.4. The van der Waals surface area contributed by atoms with Crippen molar-refractivity contribution in [1.29, 1.82) is 0 Å². The first kappa shape index (κ1) is 23.3. The van der Waals surface area contributed by atoms with Crippen LogP contribution in [0.25, 0.3) is 0 Å². The monoisotopic (exact) mass is 437 g/mol. The van der Waals surface area contributed by atoms with E-state index in [4.69, 9.17) is 9.16 Å². The van der Waals surface area contributed by atoms with Crippen LogP contribution in [0, 0.1) is 0 Å². The minimum atomic E-state index is -2.47. The van der Waals surface area contributed by atoms with Crippen LogP contribution in [0.3, 0.4) is 0 Å². The van der Waals surface area contributed by atoms with Crippen molar-refractivity contribution in [2.75, 3.05) is 19.8 Å². The van der Waals surface area contributed by atoms with E-state index >= 15 is 0 Å². The molecule has 0 saturated carbocycles. The number of ether oxygens (including phenoxy) is 1. The van der Waals surface area contributed by atoms with Crippen molar-refractivity contribution in [2.24, 2.45) is 0 Å². The van der Waals surface area contributed by atoms with Crippen LogP contribution in [0.15, 0.2) is 73.3 Å². The van der Waals surface area contributed by atoms with Crippen LogP contribution in [0.1, 0.15) is 40.0 Å². The van der Waals surface area contributed by atoms with Crippen molar-refractivity contribution in [2.45, 2.75) is 51.1 Å². The highest BCUT2D eigenvalue weighted by Crippen LogP contribution is 2.36. The number of carbonyl (C=O) groups is 1. The Balaban J connectivity index is 1.72. The summed E-state index contributed by atoms with van der Waals surface area (Å²) >= 11 is 0. The van der Waals surface area contributed by atoms with Gasteiger partial charge in [-0.05, 0) is 34.7 Å². The van der Waals surface area contributed by atoms with Gasteiger partial charge in [-0.25, -0.2) is 4.79 Å². The number of benzene rings is 2. The predicted molar refractivity (Wildman–Crippen MR) is 129 cm³/mol. The van der Waals surface area contributed by atoms with E-state index in [0.717, 1.165) is 19.3 Å². The molecule has 0 aromatic heterocycles. The number of carbonyl (C=O) groups excluding carboxylic acids is 1. The van der Waals surface area contributed by atoms with Crippen molar-refractivity contribution < 1.29 is 14.0 Å². The topological polar surface area (TPSA) is 38.8 Å². The molecule has 1 aliphatic rings. The van der Waals surface area contributed by atoms with Gasteiger partial charge in [0, 0.05) is 13.2 Å². The third-order valence-electron chi connectivity index (χ3n) is 6.07. The van der Waals surface area contributed by atoms with Crippen molar-refractivity contribution in [3.8, 4) is 0 Å². The number of cyclic esters (lactones) is 1. The Morgan fingerprint density at radius 1 is 1.06 bits per heavy atom. The number of amides is 1. The van der Waals surface area contributed by atoms with E-state index in [0.29, 0.717) is 19.8 Å². The highest BCUT2D eigenvalue weighted by Gasteiger charge is 2.49. The molecule has 31 heavy (non-hydrogen) atoms. The van der Waals surface area contributed by atoms with Gasteiger partial charge in [0.1, 0.15) is 6.61 Å². The fourth-order valence-corrected chi connectivity index (χ4v) is 9.17. The lowest BCUT2D eigenvalue weighted by Gasteiger charge is -2.43. The molecule has 2 aromatic carbocycles.